The molecule has 1 rings (SSSR count). The van der Waals surface area contributed by atoms with Crippen LogP contribution in [0.2, 0.25) is 5.02 Å². The number of hydrogen-bond acceptors (Lipinski definition) is 3. The zero-order valence-electron chi connectivity index (χ0n) is 10.1. The van der Waals surface area contributed by atoms with Crippen LogP contribution >= 0.6 is 11.6 Å². The second-order valence-corrected chi connectivity index (χ2v) is 4.29. The molecule has 0 aliphatic rings. The first kappa shape index (κ1) is 13.7. The number of esters is 1. The number of ketones is 1. The number of carbonyl (C=O) groups excluding carboxylic acids is 2. The van der Waals surface area contributed by atoms with Gasteiger partial charge >= 0.3 is 5.97 Å². The molecule has 1 unspecified atom stereocenters. The second kappa shape index (κ2) is 5.32. The van der Waals surface area contributed by atoms with Gasteiger partial charge in [0, 0.05) is 5.02 Å². The van der Waals surface area contributed by atoms with Gasteiger partial charge in [-0.15, -0.1) is 0 Å². The van der Waals surface area contributed by atoms with Crippen molar-refractivity contribution in [1.29, 1.82) is 0 Å². The molecule has 1 atom stereocenters. The highest BCUT2D eigenvalue weighted by Crippen LogP contribution is 2.32. The van der Waals surface area contributed by atoms with Gasteiger partial charge in [-0.25, -0.2) is 0 Å². The van der Waals surface area contributed by atoms with Crippen molar-refractivity contribution in [3.8, 4) is 0 Å². The Morgan fingerprint density at radius 3 is 2.41 bits per heavy atom. The molecule has 0 heterocycles. The lowest BCUT2D eigenvalue weighted by molar-refractivity contribution is -0.152. The lowest BCUT2D eigenvalue weighted by Gasteiger charge is -2.25. The molecule has 0 N–H and O–H groups in total. The lowest BCUT2D eigenvalue weighted by atomic mass is 9.79. The van der Waals surface area contributed by atoms with Crippen LogP contribution in [-0.4, -0.2) is 18.4 Å². The molecule has 4 heteroatoms. The van der Waals surface area contributed by atoms with Crippen molar-refractivity contribution < 1.29 is 14.3 Å². The van der Waals surface area contributed by atoms with Gasteiger partial charge in [-0.1, -0.05) is 29.8 Å². The average molecular weight is 255 g/mol. The van der Waals surface area contributed by atoms with Crippen molar-refractivity contribution in [2.75, 3.05) is 6.61 Å². The van der Waals surface area contributed by atoms with E-state index in [0.29, 0.717) is 10.6 Å². The molecule has 0 radical (unpaired) electrons. The van der Waals surface area contributed by atoms with Crippen LogP contribution < -0.4 is 0 Å². The Kier molecular flexibility index (Phi) is 4.29. The third-order valence-corrected chi connectivity index (χ3v) is 3.13. The van der Waals surface area contributed by atoms with Crippen LogP contribution in [0.3, 0.4) is 0 Å². The van der Waals surface area contributed by atoms with Crippen LogP contribution in [0, 0.1) is 0 Å². The molecule has 92 valence electrons. The Hall–Kier alpha value is -1.35. The molecule has 3 nitrogen and oxygen atoms in total. The molecule has 0 saturated carbocycles. The fourth-order valence-corrected chi connectivity index (χ4v) is 1.91. The van der Waals surface area contributed by atoms with E-state index in [1.54, 1.807) is 31.2 Å². The molecule has 0 saturated heterocycles. The first-order valence-electron chi connectivity index (χ1n) is 5.37. The number of ether oxygens (including phenoxy) is 1. The minimum Gasteiger partial charge on any atom is -0.465 e. The molecular formula is C13H15ClO3. The fraction of sp³-hybridized carbons (Fsp3) is 0.385. The predicted octanol–water partition coefficient (Wildman–Crippen LogP) is 2.75. The van der Waals surface area contributed by atoms with Gasteiger partial charge in [0.2, 0.25) is 0 Å². The minimum atomic E-state index is -1.34. The summed E-state index contributed by atoms with van der Waals surface area (Å²) in [6.07, 6.45) is 0. The zero-order chi connectivity index (χ0) is 13.1. The first-order valence-corrected chi connectivity index (χ1v) is 5.75. The molecular weight excluding hydrogens is 240 g/mol. The van der Waals surface area contributed by atoms with Gasteiger partial charge in [0.1, 0.15) is 5.41 Å². The highest BCUT2D eigenvalue weighted by Gasteiger charge is 2.42. The molecule has 0 spiro atoms. The van der Waals surface area contributed by atoms with E-state index in [0.717, 1.165) is 0 Å². The Morgan fingerprint density at radius 2 is 1.94 bits per heavy atom. The van der Waals surface area contributed by atoms with E-state index in [1.165, 1.54) is 13.8 Å². The third-order valence-electron chi connectivity index (χ3n) is 2.80. The number of carbonyl (C=O) groups is 2. The van der Waals surface area contributed by atoms with Gasteiger partial charge in [0.05, 0.1) is 6.61 Å². The van der Waals surface area contributed by atoms with E-state index in [-0.39, 0.29) is 12.4 Å². The largest absolute Gasteiger partial charge is 0.465 e. The maximum atomic E-state index is 12.0. The summed E-state index contributed by atoms with van der Waals surface area (Å²) in [5.41, 5.74) is -0.860. The molecule has 0 aliphatic carbocycles. The fourth-order valence-electron chi connectivity index (χ4n) is 1.59. The van der Waals surface area contributed by atoms with Gasteiger partial charge in [-0.05, 0) is 32.4 Å². The van der Waals surface area contributed by atoms with Gasteiger partial charge in [0.15, 0.2) is 5.78 Å². The Bertz CT molecular complexity index is 442. The van der Waals surface area contributed by atoms with Gasteiger partial charge in [-0.2, -0.15) is 0 Å². The standard InChI is InChI=1S/C13H15ClO3/c1-4-17-12(16)13(3,9(2)15)10-7-5-6-8-11(10)14/h5-8H,4H2,1-3H3. The van der Waals surface area contributed by atoms with Crippen LogP contribution in [0.5, 0.6) is 0 Å². The van der Waals surface area contributed by atoms with Crippen molar-refractivity contribution in [3.63, 3.8) is 0 Å². The summed E-state index contributed by atoms with van der Waals surface area (Å²) in [5, 5.41) is 0.387. The summed E-state index contributed by atoms with van der Waals surface area (Å²) >= 11 is 6.04. The number of Topliss-reactive ketones (excluding diaryl/α,β-unsaturated/α-hetero) is 1. The Balaban J connectivity index is 3.31. The zero-order valence-corrected chi connectivity index (χ0v) is 10.9. The minimum absolute atomic E-state index is 0.228. The quantitative estimate of drug-likeness (QED) is 0.613. The van der Waals surface area contributed by atoms with Crippen molar-refractivity contribution in [2.45, 2.75) is 26.2 Å². The number of halogens is 1. The smallest absolute Gasteiger partial charge is 0.323 e. The molecule has 0 aliphatic heterocycles. The number of benzene rings is 1. The van der Waals surface area contributed by atoms with Gasteiger partial charge < -0.3 is 4.74 Å². The average Bonchev–Trinajstić information content (AvgIpc) is 2.28. The van der Waals surface area contributed by atoms with Crippen LogP contribution in [0.1, 0.15) is 26.3 Å². The summed E-state index contributed by atoms with van der Waals surface area (Å²) in [6.45, 7) is 4.83. The summed E-state index contributed by atoms with van der Waals surface area (Å²) in [6, 6.07) is 6.80. The van der Waals surface area contributed by atoms with Gasteiger partial charge in [0.25, 0.3) is 0 Å². The highest BCUT2D eigenvalue weighted by atomic mass is 35.5. The second-order valence-electron chi connectivity index (χ2n) is 3.88. The summed E-state index contributed by atoms with van der Waals surface area (Å²) in [5.74, 6) is -0.857. The maximum Gasteiger partial charge on any atom is 0.323 e. The first-order chi connectivity index (χ1) is 7.94. The summed E-state index contributed by atoms with van der Waals surface area (Å²) in [4.78, 5) is 23.7. The number of hydrogen-bond donors (Lipinski definition) is 0. The molecule has 0 fully saturated rings. The van der Waals surface area contributed by atoms with Crippen LogP contribution in [0.4, 0.5) is 0 Å². The molecule has 0 bridgehead atoms. The molecule has 0 amide bonds. The van der Waals surface area contributed by atoms with E-state index in [9.17, 15) is 9.59 Å². The molecule has 1 aromatic rings. The Labute approximate surface area is 106 Å². The van der Waals surface area contributed by atoms with E-state index >= 15 is 0 Å². The van der Waals surface area contributed by atoms with E-state index < -0.39 is 11.4 Å². The van der Waals surface area contributed by atoms with E-state index in [1.807, 2.05) is 0 Å². The topological polar surface area (TPSA) is 43.4 Å². The molecule has 1 aromatic carbocycles. The molecule has 17 heavy (non-hydrogen) atoms. The number of rotatable bonds is 4. The van der Waals surface area contributed by atoms with Crippen LogP contribution in [0.15, 0.2) is 24.3 Å². The maximum absolute atomic E-state index is 12.0. The van der Waals surface area contributed by atoms with Crippen LogP contribution in [-0.2, 0) is 19.7 Å². The highest BCUT2D eigenvalue weighted by molar-refractivity contribution is 6.32. The van der Waals surface area contributed by atoms with Crippen molar-refractivity contribution >= 4 is 23.4 Å². The van der Waals surface area contributed by atoms with Crippen molar-refractivity contribution in [3.05, 3.63) is 34.9 Å². The normalized spacial score (nSPS) is 13.9. The third kappa shape index (κ3) is 2.50. The van der Waals surface area contributed by atoms with Crippen molar-refractivity contribution in [1.82, 2.24) is 0 Å². The summed E-state index contributed by atoms with van der Waals surface area (Å²) in [7, 11) is 0. The lowest BCUT2D eigenvalue weighted by Crippen LogP contribution is -2.41. The Morgan fingerprint density at radius 1 is 1.35 bits per heavy atom. The van der Waals surface area contributed by atoms with Crippen LogP contribution in [0.25, 0.3) is 0 Å². The van der Waals surface area contributed by atoms with Crippen molar-refractivity contribution in [2.24, 2.45) is 0 Å². The van der Waals surface area contributed by atoms with E-state index in [2.05, 4.69) is 0 Å². The predicted molar refractivity (Wildman–Crippen MR) is 66.1 cm³/mol. The monoisotopic (exact) mass is 254 g/mol. The van der Waals surface area contributed by atoms with E-state index in [4.69, 9.17) is 16.3 Å². The SMILES string of the molecule is CCOC(=O)C(C)(C(C)=O)c1ccccc1Cl. The molecule has 0 aromatic heterocycles. The summed E-state index contributed by atoms with van der Waals surface area (Å²) < 4.78 is 4.96. The van der Waals surface area contributed by atoms with Gasteiger partial charge in [-0.3, -0.25) is 9.59 Å².